The second kappa shape index (κ2) is 8.83. The molecule has 0 aliphatic carbocycles. The van der Waals surface area contributed by atoms with E-state index in [4.69, 9.17) is 5.11 Å². The van der Waals surface area contributed by atoms with E-state index in [1.807, 2.05) is 31.2 Å². The summed E-state index contributed by atoms with van der Waals surface area (Å²) in [5.41, 5.74) is 2.65. The lowest BCUT2D eigenvalue weighted by molar-refractivity contribution is 0.107. The van der Waals surface area contributed by atoms with Crippen molar-refractivity contribution in [2.75, 3.05) is 39.3 Å². The van der Waals surface area contributed by atoms with Crippen LogP contribution in [0.5, 0.6) is 0 Å². The van der Waals surface area contributed by atoms with E-state index in [1.54, 1.807) is 6.07 Å². The first-order valence-electron chi connectivity index (χ1n) is 9.24. The van der Waals surface area contributed by atoms with Gasteiger partial charge in [0.05, 0.1) is 12.3 Å². The van der Waals surface area contributed by atoms with Gasteiger partial charge in [0.1, 0.15) is 0 Å². The highest BCUT2D eigenvalue weighted by atomic mass is 35.5. The Hall–Kier alpha value is -2.26. The predicted octanol–water partition coefficient (Wildman–Crippen LogP) is 0.925. The molecular formula is C19H25ClN6O2. The summed E-state index contributed by atoms with van der Waals surface area (Å²) < 4.78 is 1.39. The van der Waals surface area contributed by atoms with Crippen LogP contribution in [0.2, 0.25) is 0 Å². The van der Waals surface area contributed by atoms with Gasteiger partial charge in [-0.25, -0.2) is 4.98 Å². The molecule has 28 heavy (non-hydrogen) atoms. The SMILES string of the molecule is Cc1cccc(-c2nc3nc(CN4CCN(CCO)CC4)cc(=O)n3[nH]2)c1.Cl. The number of aromatic amines is 1. The third kappa shape index (κ3) is 4.41. The van der Waals surface area contributed by atoms with Crippen molar-refractivity contribution < 1.29 is 5.11 Å². The Bertz CT molecular complexity index is 993. The van der Waals surface area contributed by atoms with Crippen molar-refractivity contribution in [3.8, 4) is 11.4 Å². The fourth-order valence-corrected chi connectivity index (χ4v) is 3.47. The normalized spacial score (nSPS) is 15.6. The summed E-state index contributed by atoms with van der Waals surface area (Å²) in [7, 11) is 0. The quantitative estimate of drug-likeness (QED) is 0.657. The number of aromatic nitrogens is 4. The molecule has 8 nitrogen and oxygen atoms in total. The number of H-pyrrole nitrogens is 1. The molecule has 0 radical (unpaired) electrons. The Labute approximate surface area is 169 Å². The molecule has 3 aromatic rings. The van der Waals surface area contributed by atoms with Crippen LogP contribution in [-0.4, -0.2) is 73.8 Å². The van der Waals surface area contributed by atoms with Crippen molar-refractivity contribution in [2.24, 2.45) is 0 Å². The molecule has 3 heterocycles. The van der Waals surface area contributed by atoms with Crippen molar-refractivity contribution in [2.45, 2.75) is 13.5 Å². The summed E-state index contributed by atoms with van der Waals surface area (Å²) in [5.74, 6) is 1.03. The third-order valence-electron chi connectivity index (χ3n) is 4.94. The predicted molar refractivity (Wildman–Crippen MR) is 110 cm³/mol. The first-order chi connectivity index (χ1) is 13.1. The summed E-state index contributed by atoms with van der Waals surface area (Å²) in [6.45, 7) is 7.20. The van der Waals surface area contributed by atoms with Crippen LogP contribution in [0.25, 0.3) is 17.2 Å². The molecule has 2 aromatic heterocycles. The molecule has 0 saturated carbocycles. The van der Waals surface area contributed by atoms with Crippen LogP contribution in [-0.2, 0) is 6.54 Å². The average molecular weight is 405 g/mol. The van der Waals surface area contributed by atoms with Gasteiger partial charge in [-0.05, 0) is 13.0 Å². The molecule has 1 aromatic carbocycles. The van der Waals surface area contributed by atoms with Gasteiger partial charge in [-0.3, -0.25) is 19.7 Å². The summed E-state index contributed by atoms with van der Waals surface area (Å²) in [6.07, 6.45) is 0. The van der Waals surface area contributed by atoms with Crippen LogP contribution in [0.4, 0.5) is 0 Å². The van der Waals surface area contributed by atoms with Crippen LogP contribution < -0.4 is 5.56 Å². The Morgan fingerprint density at radius 2 is 1.86 bits per heavy atom. The van der Waals surface area contributed by atoms with E-state index >= 15 is 0 Å². The van der Waals surface area contributed by atoms with E-state index in [1.165, 1.54) is 4.52 Å². The first-order valence-corrected chi connectivity index (χ1v) is 9.24. The smallest absolute Gasteiger partial charge is 0.274 e. The van der Waals surface area contributed by atoms with Gasteiger partial charge in [-0.2, -0.15) is 9.50 Å². The number of nitrogens with zero attached hydrogens (tertiary/aromatic N) is 5. The summed E-state index contributed by atoms with van der Waals surface area (Å²) >= 11 is 0. The molecule has 0 spiro atoms. The molecule has 0 amide bonds. The van der Waals surface area contributed by atoms with Gasteiger partial charge in [0.25, 0.3) is 11.3 Å². The van der Waals surface area contributed by atoms with Crippen LogP contribution in [0, 0.1) is 6.92 Å². The zero-order valence-corrected chi connectivity index (χ0v) is 16.7. The number of aliphatic hydroxyl groups is 1. The summed E-state index contributed by atoms with van der Waals surface area (Å²) in [5, 5.41) is 12.1. The second-order valence-electron chi connectivity index (χ2n) is 7.00. The van der Waals surface area contributed by atoms with E-state index in [-0.39, 0.29) is 24.6 Å². The van der Waals surface area contributed by atoms with Gasteiger partial charge in [-0.1, -0.05) is 23.8 Å². The Morgan fingerprint density at radius 3 is 2.57 bits per heavy atom. The molecule has 1 aliphatic rings. The van der Waals surface area contributed by atoms with Crippen molar-refractivity contribution in [3.63, 3.8) is 0 Å². The van der Waals surface area contributed by atoms with E-state index < -0.39 is 0 Å². The second-order valence-corrected chi connectivity index (χ2v) is 7.00. The van der Waals surface area contributed by atoms with Gasteiger partial charge in [0.2, 0.25) is 0 Å². The van der Waals surface area contributed by atoms with Crippen LogP contribution in [0.3, 0.4) is 0 Å². The highest BCUT2D eigenvalue weighted by molar-refractivity contribution is 5.85. The van der Waals surface area contributed by atoms with E-state index in [2.05, 4.69) is 24.9 Å². The lowest BCUT2D eigenvalue weighted by Crippen LogP contribution is -2.46. The molecule has 1 fully saturated rings. The molecule has 4 rings (SSSR count). The molecule has 0 bridgehead atoms. The van der Waals surface area contributed by atoms with Crippen molar-refractivity contribution >= 4 is 18.2 Å². The van der Waals surface area contributed by atoms with Crippen LogP contribution in [0.15, 0.2) is 35.1 Å². The van der Waals surface area contributed by atoms with Crippen molar-refractivity contribution in [1.82, 2.24) is 29.4 Å². The summed E-state index contributed by atoms with van der Waals surface area (Å²) in [4.78, 5) is 26.1. The lowest BCUT2D eigenvalue weighted by Gasteiger charge is -2.34. The van der Waals surface area contributed by atoms with Gasteiger partial charge in [-0.15, -0.1) is 12.4 Å². The number of benzene rings is 1. The van der Waals surface area contributed by atoms with E-state index in [9.17, 15) is 4.79 Å². The minimum Gasteiger partial charge on any atom is -0.395 e. The fourth-order valence-electron chi connectivity index (χ4n) is 3.47. The maximum atomic E-state index is 12.5. The highest BCUT2D eigenvalue weighted by Crippen LogP contribution is 2.16. The molecular weight excluding hydrogens is 380 g/mol. The standard InChI is InChI=1S/C19H24N6O2.ClH/c1-14-3-2-4-15(11-14)18-21-19-20-16(12-17(27)25(19)22-18)13-24-7-5-23(6-8-24)9-10-26;/h2-4,11-12,26H,5-10,13H2,1H3,(H,20,21,22);1H. The molecule has 0 unspecified atom stereocenters. The summed E-state index contributed by atoms with van der Waals surface area (Å²) in [6, 6.07) is 9.55. The zero-order chi connectivity index (χ0) is 18.8. The number of hydrogen-bond donors (Lipinski definition) is 2. The third-order valence-corrected chi connectivity index (χ3v) is 4.94. The largest absolute Gasteiger partial charge is 0.395 e. The average Bonchev–Trinajstić information content (AvgIpc) is 3.08. The minimum absolute atomic E-state index is 0. The number of halogens is 1. The minimum atomic E-state index is -0.152. The zero-order valence-electron chi connectivity index (χ0n) is 15.8. The Kier molecular flexibility index (Phi) is 6.46. The first kappa shape index (κ1) is 20.5. The number of aliphatic hydroxyl groups excluding tert-OH is 1. The van der Waals surface area contributed by atoms with Crippen molar-refractivity contribution in [3.05, 3.63) is 51.9 Å². The number of aryl methyl sites for hydroxylation is 1. The maximum Gasteiger partial charge on any atom is 0.274 e. The van der Waals surface area contributed by atoms with E-state index in [0.29, 0.717) is 24.7 Å². The number of hydrogen-bond acceptors (Lipinski definition) is 6. The van der Waals surface area contributed by atoms with Gasteiger partial charge in [0, 0.05) is 50.9 Å². The van der Waals surface area contributed by atoms with Crippen LogP contribution >= 0.6 is 12.4 Å². The molecule has 1 saturated heterocycles. The molecule has 2 N–H and O–H groups in total. The van der Waals surface area contributed by atoms with E-state index in [0.717, 1.165) is 43.0 Å². The van der Waals surface area contributed by atoms with Crippen molar-refractivity contribution in [1.29, 1.82) is 0 Å². The number of β-amino-alcohol motifs (C(OH)–C–C–N with tert-alkyl or cyclic N) is 1. The molecule has 1 aliphatic heterocycles. The number of piperazine rings is 1. The topological polar surface area (TPSA) is 89.8 Å². The number of rotatable bonds is 5. The van der Waals surface area contributed by atoms with Gasteiger partial charge in [0.15, 0.2) is 5.82 Å². The fraction of sp³-hybridized carbons (Fsp3) is 0.421. The number of nitrogens with one attached hydrogen (secondary N) is 1. The lowest BCUT2D eigenvalue weighted by atomic mass is 10.1. The Morgan fingerprint density at radius 1 is 1.11 bits per heavy atom. The number of fused-ring (bicyclic) bond motifs is 1. The Balaban J connectivity index is 0.00000225. The monoisotopic (exact) mass is 404 g/mol. The molecule has 9 heteroatoms. The molecule has 0 atom stereocenters. The highest BCUT2D eigenvalue weighted by Gasteiger charge is 2.18. The van der Waals surface area contributed by atoms with Crippen LogP contribution in [0.1, 0.15) is 11.3 Å². The van der Waals surface area contributed by atoms with Gasteiger partial charge < -0.3 is 5.11 Å². The molecule has 150 valence electrons. The van der Waals surface area contributed by atoms with Gasteiger partial charge >= 0.3 is 0 Å². The maximum absolute atomic E-state index is 12.5.